The molecule has 4 heterocycles. The quantitative estimate of drug-likeness (QED) is 0.248. The summed E-state index contributed by atoms with van der Waals surface area (Å²) in [7, 11) is 0. The van der Waals surface area contributed by atoms with E-state index in [4.69, 9.17) is 14.2 Å². The van der Waals surface area contributed by atoms with Gasteiger partial charge in [-0.1, -0.05) is 84.0 Å². The van der Waals surface area contributed by atoms with Crippen molar-refractivity contribution in [2.75, 3.05) is 25.0 Å². The van der Waals surface area contributed by atoms with Crippen LogP contribution in [-0.2, 0) is 22.5 Å². The van der Waals surface area contributed by atoms with Crippen molar-refractivity contribution in [2.24, 2.45) is 5.92 Å². The molecule has 7 heteroatoms. The Bertz CT molecular complexity index is 1340. The highest BCUT2D eigenvalue weighted by Crippen LogP contribution is 2.37. The van der Waals surface area contributed by atoms with E-state index < -0.39 is 6.04 Å². The SMILES string of the molecule is O=C(O[C@H]1C[N+]2(Cc3noc(Cc4ccccc4)n3)CCC1CC2)[C@H](Nc1ccccc1)c1ccccc1. The van der Waals surface area contributed by atoms with Gasteiger partial charge in [-0.3, -0.25) is 0 Å². The van der Waals surface area contributed by atoms with Crippen LogP contribution in [0.15, 0.2) is 95.5 Å². The van der Waals surface area contributed by atoms with Gasteiger partial charge < -0.3 is 19.1 Å². The number of benzene rings is 3. The van der Waals surface area contributed by atoms with Crippen LogP contribution in [0.5, 0.6) is 0 Å². The number of carbonyl (C=O) groups is 1. The lowest BCUT2D eigenvalue weighted by Crippen LogP contribution is -2.64. The molecule has 7 nitrogen and oxygen atoms in total. The van der Waals surface area contributed by atoms with E-state index in [1.807, 2.05) is 78.9 Å². The Kier molecular flexibility index (Phi) is 6.92. The van der Waals surface area contributed by atoms with Gasteiger partial charge >= 0.3 is 5.97 Å². The number of nitrogens with zero attached hydrogens (tertiary/aromatic N) is 3. The van der Waals surface area contributed by atoms with Crippen molar-refractivity contribution in [1.82, 2.24) is 10.1 Å². The first-order valence-electron chi connectivity index (χ1n) is 13.4. The number of para-hydroxylation sites is 1. The third-order valence-electron chi connectivity index (χ3n) is 7.95. The number of nitrogens with one attached hydrogen (secondary N) is 1. The molecule has 7 rings (SSSR count). The summed E-state index contributed by atoms with van der Waals surface area (Å²) in [6, 6.07) is 29.2. The first kappa shape index (κ1) is 24.4. The smallest absolute Gasteiger partial charge is 0.333 e. The number of ether oxygens (including phenoxy) is 1. The van der Waals surface area contributed by atoms with Gasteiger partial charge in [0.1, 0.15) is 13.1 Å². The van der Waals surface area contributed by atoms with Crippen LogP contribution in [0.25, 0.3) is 0 Å². The molecular formula is C31H33N4O3+. The van der Waals surface area contributed by atoms with Crippen molar-refractivity contribution in [3.8, 4) is 0 Å². The minimum absolute atomic E-state index is 0.121. The number of piperidine rings is 3. The normalized spacial score (nSPS) is 23.1. The molecule has 0 radical (unpaired) electrons. The zero-order chi connectivity index (χ0) is 25.8. The maximum absolute atomic E-state index is 13.6. The van der Waals surface area contributed by atoms with Crippen LogP contribution in [0.2, 0.25) is 0 Å². The lowest BCUT2D eigenvalue weighted by molar-refractivity contribution is -0.958. The predicted octanol–water partition coefficient (Wildman–Crippen LogP) is 5.17. The largest absolute Gasteiger partial charge is 0.454 e. The summed E-state index contributed by atoms with van der Waals surface area (Å²) in [6.45, 7) is 3.58. The second kappa shape index (κ2) is 10.8. The fourth-order valence-electron chi connectivity index (χ4n) is 5.92. The monoisotopic (exact) mass is 509 g/mol. The van der Waals surface area contributed by atoms with E-state index in [0.29, 0.717) is 24.8 Å². The molecule has 0 saturated carbocycles. The summed E-state index contributed by atoms with van der Waals surface area (Å²) in [6.07, 6.45) is 2.58. The van der Waals surface area contributed by atoms with Crippen LogP contribution in [0.3, 0.4) is 0 Å². The number of aromatic nitrogens is 2. The number of hydrogen-bond donors (Lipinski definition) is 1. The number of carbonyl (C=O) groups excluding carboxylic acids is 1. The Balaban J connectivity index is 1.14. The van der Waals surface area contributed by atoms with Crippen molar-refractivity contribution in [3.05, 3.63) is 114 Å². The summed E-state index contributed by atoms with van der Waals surface area (Å²) >= 11 is 0. The van der Waals surface area contributed by atoms with Crippen molar-refractivity contribution < 1.29 is 18.5 Å². The molecular weight excluding hydrogens is 476 g/mol. The minimum Gasteiger partial charge on any atom is -0.454 e. The van der Waals surface area contributed by atoms with E-state index >= 15 is 0 Å². The molecule has 0 spiro atoms. The Morgan fingerprint density at radius 2 is 1.61 bits per heavy atom. The molecule has 0 unspecified atom stereocenters. The number of anilines is 1. The van der Waals surface area contributed by atoms with Gasteiger partial charge in [0.25, 0.3) is 0 Å². The highest BCUT2D eigenvalue weighted by Gasteiger charge is 2.48. The molecule has 38 heavy (non-hydrogen) atoms. The van der Waals surface area contributed by atoms with E-state index in [1.54, 1.807) is 0 Å². The van der Waals surface area contributed by atoms with Crippen molar-refractivity contribution in [1.29, 1.82) is 0 Å². The number of hydrogen-bond acceptors (Lipinski definition) is 6. The first-order chi connectivity index (χ1) is 18.7. The predicted molar refractivity (Wildman–Crippen MR) is 144 cm³/mol. The summed E-state index contributed by atoms with van der Waals surface area (Å²) in [4.78, 5) is 18.3. The zero-order valence-corrected chi connectivity index (χ0v) is 21.4. The standard InChI is InChI=1S/C31H33N4O3/c36-31(30(25-12-6-2-7-13-25)32-26-14-8-3-9-15-26)37-27-21-35(18-16-24(27)17-19-35)22-28-33-29(38-34-28)20-23-10-4-1-5-11-23/h1-15,24,27,30,32H,16-22H2/q+1/t24?,27-,30+,35?/m0/s1. The molecule has 0 amide bonds. The van der Waals surface area contributed by atoms with Crippen LogP contribution >= 0.6 is 0 Å². The van der Waals surface area contributed by atoms with E-state index in [2.05, 4.69) is 22.6 Å². The summed E-state index contributed by atoms with van der Waals surface area (Å²) in [5.74, 6) is 1.53. The highest BCUT2D eigenvalue weighted by molar-refractivity contribution is 5.81. The third-order valence-corrected chi connectivity index (χ3v) is 7.95. The van der Waals surface area contributed by atoms with E-state index in [1.165, 1.54) is 0 Å². The van der Waals surface area contributed by atoms with E-state index in [9.17, 15) is 4.79 Å². The summed E-state index contributed by atoms with van der Waals surface area (Å²) < 4.78 is 12.7. The van der Waals surface area contributed by atoms with Crippen LogP contribution in [0.1, 0.15) is 41.7 Å². The van der Waals surface area contributed by atoms with Gasteiger partial charge in [-0.25, -0.2) is 4.79 Å². The lowest BCUT2D eigenvalue weighted by Gasteiger charge is -2.51. The van der Waals surface area contributed by atoms with Gasteiger partial charge in [0, 0.05) is 24.4 Å². The highest BCUT2D eigenvalue weighted by atomic mass is 16.5. The van der Waals surface area contributed by atoms with Gasteiger partial charge in [-0.15, -0.1) is 0 Å². The molecule has 3 aliphatic heterocycles. The molecule has 194 valence electrons. The molecule has 3 fully saturated rings. The Morgan fingerprint density at radius 1 is 0.947 bits per heavy atom. The van der Waals surface area contributed by atoms with Crippen molar-refractivity contribution in [3.63, 3.8) is 0 Å². The van der Waals surface area contributed by atoms with Crippen molar-refractivity contribution >= 4 is 11.7 Å². The number of esters is 1. The Morgan fingerprint density at radius 3 is 2.32 bits per heavy atom. The molecule has 3 aliphatic rings. The molecule has 3 saturated heterocycles. The average molecular weight is 510 g/mol. The maximum Gasteiger partial charge on any atom is 0.333 e. The fourth-order valence-corrected chi connectivity index (χ4v) is 5.92. The van der Waals surface area contributed by atoms with Crippen LogP contribution < -0.4 is 5.32 Å². The van der Waals surface area contributed by atoms with Crippen LogP contribution in [0.4, 0.5) is 5.69 Å². The molecule has 2 atom stereocenters. The molecule has 1 aromatic heterocycles. The average Bonchev–Trinajstić information content (AvgIpc) is 3.39. The van der Waals surface area contributed by atoms with E-state index in [0.717, 1.165) is 59.6 Å². The molecule has 4 aromatic rings. The van der Waals surface area contributed by atoms with Gasteiger partial charge in [0.15, 0.2) is 12.1 Å². The summed E-state index contributed by atoms with van der Waals surface area (Å²) in [5.41, 5.74) is 2.93. The maximum atomic E-state index is 13.6. The third kappa shape index (κ3) is 5.48. The first-order valence-corrected chi connectivity index (χ1v) is 13.4. The number of fused-ring (bicyclic) bond motifs is 3. The Hall–Kier alpha value is -3.97. The zero-order valence-electron chi connectivity index (χ0n) is 21.4. The van der Waals surface area contributed by atoms with Crippen LogP contribution in [-0.4, -0.2) is 46.3 Å². The van der Waals surface area contributed by atoms with Gasteiger partial charge in [-0.2, -0.15) is 4.98 Å². The van der Waals surface area contributed by atoms with Crippen LogP contribution in [0, 0.1) is 5.92 Å². The van der Waals surface area contributed by atoms with E-state index in [-0.39, 0.29) is 12.1 Å². The topological polar surface area (TPSA) is 77.2 Å². The van der Waals surface area contributed by atoms with Crippen molar-refractivity contribution in [2.45, 2.75) is 38.0 Å². The summed E-state index contributed by atoms with van der Waals surface area (Å²) in [5, 5.41) is 7.69. The fraction of sp³-hybridized carbons (Fsp3) is 0.323. The Labute approximate surface area is 223 Å². The van der Waals surface area contributed by atoms with Gasteiger partial charge in [0.2, 0.25) is 11.7 Å². The van der Waals surface area contributed by atoms with Gasteiger partial charge in [0.05, 0.1) is 19.5 Å². The molecule has 2 bridgehead atoms. The number of rotatable bonds is 9. The second-order valence-electron chi connectivity index (χ2n) is 10.6. The lowest BCUT2D eigenvalue weighted by atomic mass is 9.83. The molecule has 0 aliphatic carbocycles. The minimum atomic E-state index is -0.569. The molecule has 3 aromatic carbocycles. The van der Waals surface area contributed by atoms with Gasteiger partial charge in [-0.05, 0) is 23.3 Å². The number of quaternary nitrogens is 1. The molecule has 1 N–H and O–H groups in total. The second-order valence-corrected chi connectivity index (χ2v) is 10.6.